The molecule has 3 aromatic carbocycles. The van der Waals surface area contributed by atoms with Crippen LogP contribution in [0.3, 0.4) is 0 Å². The lowest BCUT2D eigenvalue weighted by molar-refractivity contribution is -0.145. The zero-order valence-corrected chi connectivity index (χ0v) is 19.2. The molecule has 1 aliphatic rings. The standard InChI is InChI=1S/C25H23N3O5S/c1-2-33-25(30)21(16-17-8-4-3-5-9-17)27-24(29)18-12-14-19(15-13-18)26-23-20-10-6-7-11-22(20)34(31,32)28-23/h3-15,21H,2,16H2,1H3,(H,26,28)(H,27,29). The topological polar surface area (TPSA) is 114 Å². The maximum absolute atomic E-state index is 12.8. The Morgan fingerprint density at radius 2 is 1.62 bits per heavy atom. The molecule has 0 aliphatic carbocycles. The van der Waals surface area contributed by atoms with Crippen molar-refractivity contribution >= 4 is 33.4 Å². The first-order valence-electron chi connectivity index (χ1n) is 10.7. The number of nitrogens with one attached hydrogen (secondary N) is 2. The minimum absolute atomic E-state index is 0.150. The Morgan fingerprint density at radius 3 is 2.32 bits per heavy atom. The average Bonchev–Trinajstić information content (AvgIpc) is 3.09. The Morgan fingerprint density at radius 1 is 0.941 bits per heavy atom. The fraction of sp³-hybridized carbons (Fsp3) is 0.160. The van der Waals surface area contributed by atoms with Gasteiger partial charge in [-0.25, -0.2) is 4.79 Å². The number of fused-ring (bicyclic) bond motifs is 1. The van der Waals surface area contributed by atoms with Crippen molar-refractivity contribution < 1.29 is 22.7 Å². The summed E-state index contributed by atoms with van der Waals surface area (Å²) < 4.78 is 33.4. The Bertz CT molecular complexity index is 1340. The molecule has 1 atom stereocenters. The Hall–Kier alpha value is -3.98. The van der Waals surface area contributed by atoms with E-state index in [1.165, 1.54) is 6.07 Å². The number of benzene rings is 3. The average molecular weight is 478 g/mol. The van der Waals surface area contributed by atoms with Crippen LogP contribution in [0.4, 0.5) is 5.69 Å². The van der Waals surface area contributed by atoms with E-state index in [1.54, 1.807) is 49.4 Å². The van der Waals surface area contributed by atoms with E-state index >= 15 is 0 Å². The second-order valence-corrected chi connectivity index (χ2v) is 9.15. The molecule has 1 heterocycles. The molecular formula is C25H23N3O5S. The van der Waals surface area contributed by atoms with Crippen molar-refractivity contribution in [3.63, 3.8) is 0 Å². The van der Waals surface area contributed by atoms with Crippen LogP contribution >= 0.6 is 0 Å². The number of sulfonamides is 1. The van der Waals surface area contributed by atoms with Gasteiger partial charge in [0.25, 0.3) is 15.9 Å². The van der Waals surface area contributed by atoms with E-state index < -0.39 is 27.9 Å². The summed E-state index contributed by atoms with van der Waals surface area (Å²) in [5, 5.41) is 5.74. The van der Waals surface area contributed by atoms with Crippen molar-refractivity contribution in [2.45, 2.75) is 24.3 Å². The molecule has 4 rings (SSSR count). The van der Waals surface area contributed by atoms with Crippen molar-refractivity contribution in [1.82, 2.24) is 5.32 Å². The largest absolute Gasteiger partial charge is 0.464 e. The lowest BCUT2D eigenvalue weighted by Crippen LogP contribution is -2.43. The van der Waals surface area contributed by atoms with Gasteiger partial charge in [-0.3, -0.25) is 4.79 Å². The normalized spacial score (nSPS) is 14.4. The zero-order valence-electron chi connectivity index (χ0n) is 18.4. The maximum atomic E-state index is 12.8. The van der Waals surface area contributed by atoms with Gasteiger partial charge in [-0.05, 0) is 48.9 Å². The molecule has 34 heavy (non-hydrogen) atoms. The molecule has 1 aliphatic heterocycles. The fourth-order valence-electron chi connectivity index (χ4n) is 3.57. The summed E-state index contributed by atoms with van der Waals surface area (Å²) in [7, 11) is -3.73. The van der Waals surface area contributed by atoms with E-state index in [9.17, 15) is 18.0 Å². The lowest BCUT2D eigenvalue weighted by atomic mass is 10.1. The van der Waals surface area contributed by atoms with Gasteiger partial charge in [0.05, 0.1) is 6.61 Å². The molecule has 0 saturated heterocycles. The SMILES string of the molecule is CCOC(=O)C(Cc1ccccc1)NC(=O)c1ccc(NC2=NS(=O)(=O)c3ccccc32)cc1. The highest BCUT2D eigenvalue weighted by atomic mass is 32.2. The van der Waals surface area contributed by atoms with Crippen molar-refractivity contribution in [2.75, 3.05) is 11.9 Å². The predicted octanol–water partition coefficient (Wildman–Crippen LogP) is 3.15. The molecule has 2 N–H and O–H groups in total. The quantitative estimate of drug-likeness (QED) is 0.506. The number of hydrogen-bond acceptors (Lipinski definition) is 6. The summed E-state index contributed by atoms with van der Waals surface area (Å²) in [6.07, 6.45) is 0.304. The molecule has 0 bridgehead atoms. The number of ether oxygens (including phenoxy) is 1. The van der Waals surface area contributed by atoms with E-state index in [2.05, 4.69) is 15.0 Å². The number of amidine groups is 1. The number of carbonyl (C=O) groups excluding carboxylic acids is 2. The maximum Gasteiger partial charge on any atom is 0.328 e. The summed E-state index contributed by atoms with van der Waals surface area (Å²) in [4.78, 5) is 25.4. The summed E-state index contributed by atoms with van der Waals surface area (Å²) >= 11 is 0. The van der Waals surface area contributed by atoms with Gasteiger partial charge in [0, 0.05) is 23.2 Å². The smallest absolute Gasteiger partial charge is 0.328 e. The molecule has 174 valence electrons. The van der Waals surface area contributed by atoms with E-state index in [0.29, 0.717) is 23.2 Å². The zero-order chi connectivity index (χ0) is 24.1. The summed E-state index contributed by atoms with van der Waals surface area (Å²) in [5.74, 6) is -0.707. The van der Waals surface area contributed by atoms with Gasteiger partial charge >= 0.3 is 5.97 Å². The number of anilines is 1. The third-order valence-corrected chi connectivity index (χ3v) is 6.54. The van der Waals surface area contributed by atoms with Crippen LogP contribution in [-0.4, -0.2) is 38.8 Å². The highest BCUT2D eigenvalue weighted by molar-refractivity contribution is 7.90. The predicted molar refractivity (Wildman–Crippen MR) is 128 cm³/mol. The van der Waals surface area contributed by atoms with Gasteiger partial charge < -0.3 is 15.4 Å². The van der Waals surface area contributed by atoms with Gasteiger partial charge in [0.1, 0.15) is 10.9 Å². The molecule has 0 saturated carbocycles. The molecular weight excluding hydrogens is 454 g/mol. The summed E-state index contributed by atoms with van der Waals surface area (Å²) in [5.41, 5.74) is 2.29. The van der Waals surface area contributed by atoms with Crippen LogP contribution in [0.25, 0.3) is 0 Å². The van der Waals surface area contributed by atoms with Crippen LogP contribution in [0.2, 0.25) is 0 Å². The molecule has 0 aromatic heterocycles. The van der Waals surface area contributed by atoms with Gasteiger partial charge in [-0.1, -0.05) is 42.5 Å². The first-order valence-corrected chi connectivity index (χ1v) is 12.1. The molecule has 3 aromatic rings. The molecule has 0 radical (unpaired) electrons. The van der Waals surface area contributed by atoms with Crippen molar-refractivity contribution in [3.05, 3.63) is 95.6 Å². The van der Waals surface area contributed by atoms with Crippen LogP contribution in [0, 0.1) is 0 Å². The number of esters is 1. The van der Waals surface area contributed by atoms with Crippen LogP contribution in [0.15, 0.2) is 88.2 Å². The number of amides is 1. The van der Waals surface area contributed by atoms with E-state index in [-0.39, 0.29) is 17.3 Å². The van der Waals surface area contributed by atoms with E-state index in [1.807, 2.05) is 30.3 Å². The molecule has 1 amide bonds. The molecule has 8 nitrogen and oxygen atoms in total. The van der Waals surface area contributed by atoms with E-state index in [4.69, 9.17) is 4.74 Å². The lowest BCUT2D eigenvalue weighted by Gasteiger charge is -2.17. The van der Waals surface area contributed by atoms with Crippen molar-refractivity contribution in [2.24, 2.45) is 4.40 Å². The van der Waals surface area contributed by atoms with Crippen molar-refractivity contribution in [1.29, 1.82) is 0 Å². The number of hydrogen-bond donors (Lipinski definition) is 2. The summed E-state index contributed by atoms with van der Waals surface area (Å²) in [6, 6.07) is 21.5. The van der Waals surface area contributed by atoms with Crippen LogP contribution in [-0.2, 0) is 26.0 Å². The van der Waals surface area contributed by atoms with Crippen LogP contribution in [0.1, 0.15) is 28.4 Å². The second-order valence-electron chi connectivity index (χ2n) is 7.58. The molecule has 1 unspecified atom stereocenters. The fourth-order valence-corrected chi connectivity index (χ4v) is 4.74. The van der Waals surface area contributed by atoms with Gasteiger partial charge in [0.15, 0.2) is 5.84 Å². The molecule has 9 heteroatoms. The van der Waals surface area contributed by atoms with Gasteiger partial charge in [-0.15, -0.1) is 4.40 Å². The number of rotatable bonds is 7. The first kappa shape index (κ1) is 23.2. The molecule has 0 spiro atoms. The highest BCUT2D eigenvalue weighted by Crippen LogP contribution is 2.26. The number of carbonyl (C=O) groups is 2. The first-order chi connectivity index (χ1) is 16.4. The number of nitrogens with zero attached hydrogens (tertiary/aromatic N) is 1. The van der Waals surface area contributed by atoms with Crippen molar-refractivity contribution in [3.8, 4) is 0 Å². The van der Waals surface area contributed by atoms with Gasteiger partial charge in [0.2, 0.25) is 0 Å². The third kappa shape index (κ3) is 5.15. The monoisotopic (exact) mass is 477 g/mol. The van der Waals surface area contributed by atoms with Crippen LogP contribution < -0.4 is 10.6 Å². The highest BCUT2D eigenvalue weighted by Gasteiger charge is 2.28. The van der Waals surface area contributed by atoms with Gasteiger partial charge in [-0.2, -0.15) is 8.42 Å². The van der Waals surface area contributed by atoms with E-state index in [0.717, 1.165) is 5.56 Å². The minimum atomic E-state index is -3.73. The second kappa shape index (κ2) is 9.88. The Labute approximate surface area is 197 Å². The molecule has 0 fully saturated rings. The Balaban J connectivity index is 1.46. The van der Waals surface area contributed by atoms with Crippen LogP contribution in [0.5, 0.6) is 0 Å². The summed E-state index contributed by atoms with van der Waals surface area (Å²) in [6.45, 7) is 1.92. The third-order valence-electron chi connectivity index (χ3n) is 5.20. The minimum Gasteiger partial charge on any atom is -0.464 e. The Kier molecular flexibility index (Phi) is 6.74.